The monoisotopic (exact) mass is 168 g/mol. The van der Waals surface area contributed by atoms with E-state index < -0.39 is 0 Å². The third kappa shape index (κ3) is 1.38. The highest BCUT2D eigenvalue weighted by Crippen LogP contribution is 2.48. The predicted molar refractivity (Wildman–Crippen MR) is 50.7 cm³/mol. The molecule has 0 heterocycles. The minimum atomic E-state index is 0.274. The molecule has 0 saturated heterocycles. The van der Waals surface area contributed by atoms with Crippen LogP contribution in [-0.4, -0.2) is 12.1 Å². The van der Waals surface area contributed by atoms with Gasteiger partial charge in [-0.05, 0) is 37.5 Å². The second-order valence-corrected chi connectivity index (χ2v) is 4.78. The summed E-state index contributed by atoms with van der Waals surface area (Å²) in [6.45, 7) is 0. The average molecular weight is 168 g/mol. The average Bonchev–Trinajstić information content (AvgIpc) is 2.47. The third-order valence-corrected chi connectivity index (χ3v) is 3.89. The van der Waals surface area contributed by atoms with Crippen LogP contribution in [0.15, 0.2) is 0 Å². The standard InChI is InChI=1S/C10H20N2/c11-8-3-6-10(7-9(8)12)4-1-2-5-10/h8-9H,1-7,11-12H2/t8-,9-/m0/s1. The number of hydrogen-bond donors (Lipinski definition) is 2. The maximum atomic E-state index is 6.01. The number of nitrogens with two attached hydrogens (primary N) is 2. The van der Waals surface area contributed by atoms with Crippen molar-refractivity contribution in [3.05, 3.63) is 0 Å². The van der Waals surface area contributed by atoms with E-state index in [1.807, 2.05) is 0 Å². The van der Waals surface area contributed by atoms with Crippen molar-refractivity contribution < 1.29 is 0 Å². The van der Waals surface area contributed by atoms with Gasteiger partial charge in [-0.25, -0.2) is 0 Å². The molecule has 0 aromatic rings. The van der Waals surface area contributed by atoms with Crippen LogP contribution in [0.5, 0.6) is 0 Å². The Balaban J connectivity index is 2.01. The molecule has 0 aromatic carbocycles. The molecule has 2 rings (SSSR count). The molecular weight excluding hydrogens is 148 g/mol. The quantitative estimate of drug-likeness (QED) is 0.574. The largest absolute Gasteiger partial charge is 0.326 e. The van der Waals surface area contributed by atoms with E-state index in [0.29, 0.717) is 5.41 Å². The van der Waals surface area contributed by atoms with Gasteiger partial charge in [-0.1, -0.05) is 12.8 Å². The van der Waals surface area contributed by atoms with Gasteiger partial charge in [0.2, 0.25) is 0 Å². The fraction of sp³-hybridized carbons (Fsp3) is 1.00. The summed E-state index contributed by atoms with van der Waals surface area (Å²) in [6, 6.07) is 0.549. The molecule has 2 atom stereocenters. The Morgan fingerprint density at radius 2 is 1.58 bits per heavy atom. The zero-order valence-corrected chi connectivity index (χ0v) is 7.76. The van der Waals surface area contributed by atoms with Gasteiger partial charge in [-0.3, -0.25) is 0 Å². The minimum Gasteiger partial charge on any atom is -0.326 e. The highest BCUT2D eigenvalue weighted by molar-refractivity contribution is 4.96. The summed E-state index contributed by atoms with van der Waals surface area (Å²) < 4.78 is 0. The molecule has 70 valence electrons. The van der Waals surface area contributed by atoms with Crippen LogP contribution in [-0.2, 0) is 0 Å². The SMILES string of the molecule is N[C@H]1CCC2(CCCC2)C[C@@H]1N. The second-order valence-electron chi connectivity index (χ2n) is 4.78. The first kappa shape index (κ1) is 8.52. The van der Waals surface area contributed by atoms with Gasteiger partial charge < -0.3 is 11.5 Å². The molecule has 0 aromatic heterocycles. The van der Waals surface area contributed by atoms with E-state index in [4.69, 9.17) is 11.5 Å². The van der Waals surface area contributed by atoms with Gasteiger partial charge in [0.25, 0.3) is 0 Å². The molecule has 0 radical (unpaired) electrons. The van der Waals surface area contributed by atoms with E-state index >= 15 is 0 Å². The van der Waals surface area contributed by atoms with Crippen molar-refractivity contribution in [3.63, 3.8) is 0 Å². The van der Waals surface area contributed by atoms with Crippen molar-refractivity contribution in [3.8, 4) is 0 Å². The molecule has 2 nitrogen and oxygen atoms in total. The van der Waals surface area contributed by atoms with Crippen LogP contribution in [0.4, 0.5) is 0 Å². The molecule has 0 bridgehead atoms. The van der Waals surface area contributed by atoms with E-state index in [1.165, 1.54) is 38.5 Å². The van der Waals surface area contributed by atoms with Crippen LogP contribution < -0.4 is 11.5 Å². The molecule has 2 saturated carbocycles. The lowest BCUT2D eigenvalue weighted by molar-refractivity contribution is 0.162. The zero-order valence-electron chi connectivity index (χ0n) is 7.76. The summed E-state index contributed by atoms with van der Waals surface area (Å²) >= 11 is 0. The van der Waals surface area contributed by atoms with Crippen molar-refractivity contribution >= 4 is 0 Å². The molecule has 12 heavy (non-hydrogen) atoms. The van der Waals surface area contributed by atoms with E-state index in [2.05, 4.69) is 0 Å². The lowest BCUT2D eigenvalue weighted by Gasteiger charge is -2.39. The Bertz CT molecular complexity index is 161. The van der Waals surface area contributed by atoms with Gasteiger partial charge in [0, 0.05) is 12.1 Å². The first-order valence-corrected chi connectivity index (χ1v) is 5.23. The van der Waals surface area contributed by atoms with E-state index in [1.54, 1.807) is 0 Å². The van der Waals surface area contributed by atoms with E-state index in [-0.39, 0.29) is 12.1 Å². The van der Waals surface area contributed by atoms with Crippen molar-refractivity contribution in [1.29, 1.82) is 0 Å². The molecule has 0 amide bonds. The third-order valence-electron chi connectivity index (χ3n) is 3.89. The van der Waals surface area contributed by atoms with Gasteiger partial charge in [-0.2, -0.15) is 0 Å². The number of rotatable bonds is 0. The highest BCUT2D eigenvalue weighted by Gasteiger charge is 2.39. The van der Waals surface area contributed by atoms with Gasteiger partial charge >= 0.3 is 0 Å². The summed E-state index contributed by atoms with van der Waals surface area (Å²) in [7, 11) is 0. The summed E-state index contributed by atoms with van der Waals surface area (Å²) in [5, 5.41) is 0. The summed E-state index contributed by atoms with van der Waals surface area (Å²) in [5.41, 5.74) is 12.5. The van der Waals surface area contributed by atoms with Crippen molar-refractivity contribution in [1.82, 2.24) is 0 Å². The maximum absolute atomic E-state index is 6.01. The van der Waals surface area contributed by atoms with Gasteiger partial charge in [-0.15, -0.1) is 0 Å². The Morgan fingerprint density at radius 3 is 2.17 bits per heavy atom. The normalized spacial score (nSPS) is 40.5. The fourth-order valence-electron chi connectivity index (χ4n) is 3.02. The van der Waals surface area contributed by atoms with E-state index in [0.717, 1.165) is 6.42 Å². The molecule has 2 aliphatic rings. The summed E-state index contributed by atoms with van der Waals surface area (Å²) in [4.78, 5) is 0. The zero-order chi connectivity index (χ0) is 8.60. The molecule has 2 aliphatic carbocycles. The Morgan fingerprint density at radius 1 is 0.917 bits per heavy atom. The Labute approximate surface area is 74.7 Å². The van der Waals surface area contributed by atoms with Crippen LogP contribution in [0.3, 0.4) is 0 Å². The van der Waals surface area contributed by atoms with Gasteiger partial charge in [0.05, 0.1) is 0 Å². The highest BCUT2D eigenvalue weighted by atomic mass is 14.8. The first-order valence-electron chi connectivity index (χ1n) is 5.23. The minimum absolute atomic E-state index is 0.274. The molecule has 0 unspecified atom stereocenters. The lowest BCUT2D eigenvalue weighted by Crippen LogP contribution is -2.48. The maximum Gasteiger partial charge on any atom is 0.0197 e. The summed E-state index contributed by atoms with van der Waals surface area (Å²) in [6.07, 6.45) is 9.34. The molecule has 4 N–H and O–H groups in total. The second kappa shape index (κ2) is 3.00. The van der Waals surface area contributed by atoms with Crippen LogP contribution in [0, 0.1) is 5.41 Å². The smallest absolute Gasteiger partial charge is 0.0197 e. The van der Waals surface area contributed by atoms with Crippen molar-refractivity contribution in [2.24, 2.45) is 16.9 Å². The lowest BCUT2D eigenvalue weighted by atomic mass is 9.69. The Hall–Kier alpha value is -0.0800. The molecule has 2 heteroatoms. The van der Waals surface area contributed by atoms with Crippen LogP contribution in [0.1, 0.15) is 44.9 Å². The van der Waals surface area contributed by atoms with Gasteiger partial charge in [0.15, 0.2) is 0 Å². The van der Waals surface area contributed by atoms with Gasteiger partial charge in [0.1, 0.15) is 0 Å². The number of hydrogen-bond acceptors (Lipinski definition) is 2. The molecule has 0 aliphatic heterocycles. The van der Waals surface area contributed by atoms with Crippen LogP contribution in [0.2, 0.25) is 0 Å². The predicted octanol–water partition coefficient (Wildman–Crippen LogP) is 1.39. The molecular formula is C10H20N2. The first-order chi connectivity index (χ1) is 5.72. The van der Waals surface area contributed by atoms with Crippen LogP contribution in [0.25, 0.3) is 0 Å². The summed E-state index contributed by atoms with van der Waals surface area (Å²) in [5.74, 6) is 0. The molecule has 2 fully saturated rings. The molecule has 1 spiro atoms. The topological polar surface area (TPSA) is 52.0 Å². The van der Waals surface area contributed by atoms with Crippen molar-refractivity contribution in [2.75, 3.05) is 0 Å². The van der Waals surface area contributed by atoms with E-state index in [9.17, 15) is 0 Å². The fourth-order valence-corrected chi connectivity index (χ4v) is 3.02. The Kier molecular flexibility index (Phi) is 2.13. The van der Waals surface area contributed by atoms with Crippen molar-refractivity contribution in [2.45, 2.75) is 57.0 Å². The van der Waals surface area contributed by atoms with Crippen LogP contribution >= 0.6 is 0 Å².